The summed E-state index contributed by atoms with van der Waals surface area (Å²) in [5.41, 5.74) is 12.1. The fourth-order valence-corrected chi connectivity index (χ4v) is 6.17. The summed E-state index contributed by atoms with van der Waals surface area (Å²) in [4.78, 5) is 7.78. The van der Waals surface area contributed by atoms with Crippen molar-refractivity contribution in [2.24, 2.45) is 0 Å². The van der Waals surface area contributed by atoms with Gasteiger partial charge in [-0.3, -0.25) is 0 Å². The Morgan fingerprint density at radius 3 is 2.42 bits per heavy atom. The van der Waals surface area contributed by atoms with E-state index in [-0.39, 0.29) is 0 Å². The van der Waals surface area contributed by atoms with E-state index in [1.807, 2.05) is 6.07 Å². The Kier molecular flexibility index (Phi) is 6.50. The lowest BCUT2D eigenvalue weighted by atomic mass is 9.93. The SMILES string of the molecule is CCC1CCc2c(C)nc3c(-c4c(C)cc(C)cc4C)c(C)nn3c2N1CCc1cccc(OC)c1. The highest BCUT2D eigenvalue weighted by Crippen LogP contribution is 2.39. The van der Waals surface area contributed by atoms with Gasteiger partial charge in [-0.25, -0.2) is 4.98 Å². The molecule has 0 amide bonds. The van der Waals surface area contributed by atoms with Crippen molar-refractivity contribution >= 4 is 11.5 Å². The van der Waals surface area contributed by atoms with E-state index in [0.717, 1.165) is 55.0 Å². The highest BCUT2D eigenvalue weighted by atomic mass is 16.5. The molecular formula is C31H38N4O. The van der Waals surface area contributed by atoms with Gasteiger partial charge in [-0.1, -0.05) is 36.8 Å². The first-order valence-corrected chi connectivity index (χ1v) is 13.2. The van der Waals surface area contributed by atoms with Crippen LogP contribution in [0.2, 0.25) is 0 Å². The van der Waals surface area contributed by atoms with Crippen molar-refractivity contribution in [3.8, 4) is 16.9 Å². The Bertz CT molecular complexity index is 1410. The van der Waals surface area contributed by atoms with Crippen LogP contribution in [0.15, 0.2) is 36.4 Å². The van der Waals surface area contributed by atoms with Crippen LogP contribution in [0.1, 0.15) is 59.0 Å². The number of rotatable bonds is 6. The van der Waals surface area contributed by atoms with E-state index < -0.39 is 0 Å². The van der Waals surface area contributed by atoms with Crippen LogP contribution < -0.4 is 9.64 Å². The number of hydrogen-bond acceptors (Lipinski definition) is 4. The van der Waals surface area contributed by atoms with Crippen molar-refractivity contribution in [1.29, 1.82) is 0 Å². The van der Waals surface area contributed by atoms with Gasteiger partial charge < -0.3 is 9.64 Å². The van der Waals surface area contributed by atoms with E-state index in [4.69, 9.17) is 14.8 Å². The first kappa shape index (κ1) is 24.4. The van der Waals surface area contributed by atoms with Gasteiger partial charge in [-0.05, 0) is 94.7 Å². The summed E-state index contributed by atoms with van der Waals surface area (Å²) < 4.78 is 7.62. The van der Waals surface area contributed by atoms with Crippen LogP contribution >= 0.6 is 0 Å². The van der Waals surface area contributed by atoms with Crippen LogP contribution in [0.4, 0.5) is 5.82 Å². The lowest BCUT2D eigenvalue weighted by Gasteiger charge is -2.39. The number of aryl methyl sites for hydroxylation is 5. The van der Waals surface area contributed by atoms with Crippen LogP contribution in [0.25, 0.3) is 16.8 Å². The highest BCUT2D eigenvalue weighted by Gasteiger charge is 2.31. The van der Waals surface area contributed by atoms with Crippen molar-refractivity contribution in [3.63, 3.8) is 0 Å². The largest absolute Gasteiger partial charge is 0.497 e. The van der Waals surface area contributed by atoms with Crippen LogP contribution in [0.5, 0.6) is 5.75 Å². The molecule has 2 aromatic carbocycles. The highest BCUT2D eigenvalue weighted by molar-refractivity contribution is 5.85. The first-order valence-electron chi connectivity index (χ1n) is 13.2. The second-order valence-electron chi connectivity index (χ2n) is 10.4. The molecule has 0 fully saturated rings. The van der Waals surface area contributed by atoms with Gasteiger partial charge in [0.15, 0.2) is 5.65 Å². The zero-order valence-electron chi connectivity index (χ0n) is 22.8. The zero-order chi connectivity index (χ0) is 25.6. The summed E-state index contributed by atoms with van der Waals surface area (Å²) in [5.74, 6) is 2.15. The van der Waals surface area contributed by atoms with E-state index in [1.54, 1.807) is 7.11 Å². The second kappa shape index (κ2) is 9.61. The van der Waals surface area contributed by atoms with Gasteiger partial charge in [0.25, 0.3) is 0 Å². The maximum atomic E-state index is 5.47. The molecule has 1 unspecified atom stereocenters. The van der Waals surface area contributed by atoms with E-state index in [1.165, 1.54) is 44.8 Å². The van der Waals surface area contributed by atoms with Gasteiger partial charge in [0.05, 0.1) is 18.4 Å². The maximum absolute atomic E-state index is 5.47. The quantitative estimate of drug-likeness (QED) is 0.306. The molecular weight excluding hydrogens is 444 g/mol. The van der Waals surface area contributed by atoms with Crippen molar-refractivity contribution < 1.29 is 4.74 Å². The van der Waals surface area contributed by atoms with Crippen LogP contribution in [-0.2, 0) is 12.8 Å². The summed E-state index contributed by atoms with van der Waals surface area (Å²) >= 11 is 0. The Balaban J connectivity index is 1.66. The Hall–Kier alpha value is -3.34. The molecule has 188 valence electrons. The number of methoxy groups -OCH3 is 1. The molecule has 0 aliphatic carbocycles. The molecule has 5 heteroatoms. The van der Waals surface area contributed by atoms with Gasteiger partial charge in [-0.2, -0.15) is 9.61 Å². The molecule has 2 aromatic heterocycles. The molecule has 0 spiro atoms. The Morgan fingerprint density at radius 1 is 0.972 bits per heavy atom. The van der Waals surface area contributed by atoms with Crippen molar-refractivity contribution in [1.82, 2.24) is 14.6 Å². The van der Waals surface area contributed by atoms with Crippen LogP contribution in [-0.4, -0.2) is 34.3 Å². The first-order chi connectivity index (χ1) is 17.3. The minimum absolute atomic E-state index is 0.490. The molecule has 5 rings (SSSR count). The van der Waals surface area contributed by atoms with Gasteiger partial charge in [0.1, 0.15) is 11.6 Å². The lowest BCUT2D eigenvalue weighted by Crippen LogP contribution is -2.42. The summed E-state index contributed by atoms with van der Waals surface area (Å²) in [5, 5.41) is 5.14. The lowest BCUT2D eigenvalue weighted by molar-refractivity contribution is 0.414. The summed E-state index contributed by atoms with van der Waals surface area (Å²) in [6.45, 7) is 14.1. The summed E-state index contributed by atoms with van der Waals surface area (Å²) in [7, 11) is 1.73. The molecule has 0 saturated carbocycles. The third-order valence-corrected chi connectivity index (χ3v) is 7.83. The van der Waals surface area contributed by atoms with E-state index >= 15 is 0 Å². The maximum Gasteiger partial charge on any atom is 0.165 e. The fraction of sp³-hybridized carbons (Fsp3) is 0.419. The van der Waals surface area contributed by atoms with E-state index in [2.05, 4.69) is 81.3 Å². The monoisotopic (exact) mass is 482 g/mol. The molecule has 0 N–H and O–H groups in total. The third kappa shape index (κ3) is 4.15. The van der Waals surface area contributed by atoms with Crippen molar-refractivity contribution in [3.05, 3.63) is 75.6 Å². The number of nitrogens with zero attached hydrogens (tertiary/aromatic N) is 4. The number of fused-ring (bicyclic) bond motifs is 3. The van der Waals surface area contributed by atoms with Gasteiger partial charge in [0.2, 0.25) is 0 Å². The Morgan fingerprint density at radius 2 is 1.72 bits per heavy atom. The average Bonchev–Trinajstić information content (AvgIpc) is 3.17. The number of benzene rings is 2. The topological polar surface area (TPSA) is 42.7 Å². The predicted octanol–water partition coefficient (Wildman–Crippen LogP) is 6.72. The van der Waals surface area contributed by atoms with E-state index in [9.17, 15) is 0 Å². The second-order valence-corrected chi connectivity index (χ2v) is 10.4. The van der Waals surface area contributed by atoms with Gasteiger partial charge in [0, 0.05) is 23.8 Å². The van der Waals surface area contributed by atoms with Crippen LogP contribution in [0.3, 0.4) is 0 Å². The zero-order valence-corrected chi connectivity index (χ0v) is 22.8. The Labute approximate surface area is 215 Å². The molecule has 1 atom stereocenters. The molecule has 1 aliphatic rings. The van der Waals surface area contributed by atoms with E-state index in [0.29, 0.717) is 6.04 Å². The normalized spacial score (nSPS) is 15.4. The number of aromatic nitrogens is 3. The summed E-state index contributed by atoms with van der Waals surface area (Å²) in [6, 6.07) is 13.5. The number of anilines is 1. The molecule has 5 nitrogen and oxygen atoms in total. The minimum atomic E-state index is 0.490. The molecule has 0 bridgehead atoms. The smallest absolute Gasteiger partial charge is 0.165 e. The fourth-order valence-electron chi connectivity index (χ4n) is 6.17. The summed E-state index contributed by atoms with van der Waals surface area (Å²) in [6.07, 6.45) is 4.27. The number of ether oxygens (including phenoxy) is 1. The standard InChI is InChI=1S/C31H38N4O/c1-8-25-12-13-27-22(5)32-30-29(28-20(3)16-19(2)17-21(28)4)23(6)33-35(30)31(27)34(25)15-14-24-10-9-11-26(18-24)36-7/h9-11,16-18,25H,8,12-15H2,1-7H3. The third-order valence-electron chi connectivity index (χ3n) is 7.83. The van der Waals surface area contributed by atoms with Crippen LogP contribution in [0, 0.1) is 34.6 Å². The molecule has 4 aromatic rings. The molecule has 1 aliphatic heterocycles. The van der Waals surface area contributed by atoms with Crippen molar-refractivity contribution in [2.45, 2.75) is 73.3 Å². The number of hydrogen-bond donors (Lipinski definition) is 0. The minimum Gasteiger partial charge on any atom is -0.497 e. The van der Waals surface area contributed by atoms with Gasteiger partial charge in [-0.15, -0.1) is 0 Å². The predicted molar refractivity (Wildman–Crippen MR) is 149 cm³/mol. The molecule has 3 heterocycles. The average molecular weight is 483 g/mol. The molecule has 0 radical (unpaired) electrons. The molecule has 0 saturated heterocycles. The van der Waals surface area contributed by atoms with Gasteiger partial charge >= 0.3 is 0 Å². The molecule has 36 heavy (non-hydrogen) atoms. The van der Waals surface area contributed by atoms with Crippen molar-refractivity contribution in [2.75, 3.05) is 18.6 Å².